The van der Waals surface area contributed by atoms with Crippen molar-refractivity contribution in [2.24, 2.45) is 0 Å². The third kappa shape index (κ3) is 5.04. The van der Waals surface area contributed by atoms with E-state index in [0.29, 0.717) is 24.3 Å². The average Bonchev–Trinajstić information content (AvgIpc) is 3.06. The summed E-state index contributed by atoms with van der Waals surface area (Å²) in [5.74, 6) is -0.943. The van der Waals surface area contributed by atoms with Crippen LogP contribution >= 0.6 is 0 Å². The number of hydrogen-bond donors (Lipinski definition) is 3. The summed E-state index contributed by atoms with van der Waals surface area (Å²) in [6.45, 7) is 3.08. The summed E-state index contributed by atoms with van der Waals surface area (Å²) in [6.07, 6.45) is 0.254. The van der Waals surface area contributed by atoms with Crippen molar-refractivity contribution in [3.8, 4) is 0 Å². The normalized spacial score (nSPS) is 17.9. The predicted octanol–water partition coefficient (Wildman–Crippen LogP) is 5.15. The summed E-state index contributed by atoms with van der Waals surface area (Å²) in [5.41, 5.74) is 0.459. The number of likely N-dealkylation sites (tertiary alicyclic amines) is 1. The van der Waals surface area contributed by atoms with Gasteiger partial charge in [0.1, 0.15) is 5.82 Å². The number of rotatable bonds is 6. The van der Waals surface area contributed by atoms with Crippen molar-refractivity contribution in [3.63, 3.8) is 0 Å². The van der Waals surface area contributed by atoms with Gasteiger partial charge in [-0.05, 0) is 62.3 Å². The highest BCUT2D eigenvalue weighted by molar-refractivity contribution is 6.31. The molecule has 2 aromatic carbocycles. The molecule has 0 saturated carbocycles. The van der Waals surface area contributed by atoms with Crippen LogP contribution in [-0.2, 0) is 11.0 Å². The molecule has 3 N–H and O–H groups in total. The van der Waals surface area contributed by atoms with Crippen LogP contribution in [0.5, 0.6) is 0 Å². The highest BCUT2D eigenvalue weighted by Gasteiger charge is 2.34. The Balaban J connectivity index is 1.48. The van der Waals surface area contributed by atoms with Crippen molar-refractivity contribution in [2.75, 3.05) is 42.1 Å². The number of amides is 1. The topological polar surface area (TPSA) is 56.4 Å². The van der Waals surface area contributed by atoms with E-state index in [0.717, 1.165) is 32.0 Å². The Morgan fingerprint density at radius 1 is 1.06 bits per heavy atom. The molecule has 0 aliphatic carbocycles. The van der Waals surface area contributed by atoms with E-state index in [1.807, 2.05) is 0 Å². The maximum Gasteiger partial charge on any atom is 0.418 e. The van der Waals surface area contributed by atoms with E-state index in [2.05, 4.69) is 20.9 Å². The molecular weight excluding hydrogens is 424 g/mol. The van der Waals surface area contributed by atoms with Crippen LogP contribution in [0, 0.1) is 5.82 Å². The Morgan fingerprint density at radius 2 is 1.84 bits per heavy atom. The predicted molar refractivity (Wildman–Crippen MR) is 117 cm³/mol. The Kier molecular flexibility index (Phi) is 6.36. The van der Waals surface area contributed by atoms with Gasteiger partial charge in [0.2, 0.25) is 0 Å². The maximum absolute atomic E-state index is 13.7. The minimum absolute atomic E-state index is 0.0205. The lowest BCUT2D eigenvalue weighted by Gasteiger charge is -2.26. The van der Waals surface area contributed by atoms with Gasteiger partial charge in [0.25, 0.3) is 5.91 Å². The average molecular weight is 448 g/mol. The number of fused-ring (bicyclic) bond motifs is 1. The van der Waals surface area contributed by atoms with Gasteiger partial charge in [-0.25, -0.2) is 4.39 Å². The van der Waals surface area contributed by atoms with E-state index in [1.54, 1.807) is 0 Å². The van der Waals surface area contributed by atoms with Gasteiger partial charge in [-0.1, -0.05) is 6.42 Å². The molecular formula is C23H24F4N4O. The monoisotopic (exact) mass is 448 g/mol. The number of halogens is 4. The molecule has 2 heterocycles. The minimum atomic E-state index is -4.53. The highest BCUT2D eigenvalue weighted by atomic mass is 19.4. The fraction of sp³-hybridized carbons (Fsp3) is 0.348. The molecule has 5 nitrogen and oxygen atoms in total. The Hall–Kier alpha value is -3.07. The molecule has 1 saturated heterocycles. The van der Waals surface area contributed by atoms with Crippen LogP contribution in [0.25, 0.3) is 5.57 Å². The second-order valence-corrected chi connectivity index (χ2v) is 7.93. The number of carbonyl (C=O) groups excluding carboxylic acids is 1. The molecule has 0 spiro atoms. The van der Waals surface area contributed by atoms with Crippen LogP contribution in [0.1, 0.15) is 30.4 Å². The van der Waals surface area contributed by atoms with E-state index in [9.17, 15) is 22.4 Å². The first-order valence-corrected chi connectivity index (χ1v) is 10.6. The lowest BCUT2D eigenvalue weighted by Crippen LogP contribution is -2.33. The number of hydrogen-bond acceptors (Lipinski definition) is 4. The van der Waals surface area contributed by atoms with Gasteiger partial charge < -0.3 is 20.9 Å². The van der Waals surface area contributed by atoms with E-state index in [4.69, 9.17) is 0 Å². The summed E-state index contributed by atoms with van der Waals surface area (Å²) >= 11 is 0. The van der Waals surface area contributed by atoms with Crippen molar-refractivity contribution in [1.82, 2.24) is 4.90 Å². The Labute approximate surface area is 183 Å². The van der Waals surface area contributed by atoms with Crippen molar-refractivity contribution < 1.29 is 22.4 Å². The second kappa shape index (κ2) is 9.20. The number of anilines is 3. The molecule has 2 aliphatic heterocycles. The number of nitrogens with one attached hydrogen (secondary N) is 3. The van der Waals surface area contributed by atoms with Gasteiger partial charge >= 0.3 is 6.18 Å². The van der Waals surface area contributed by atoms with Crippen LogP contribution < -0.4 is 16.0 Å². The smallest absolute Gasteiger partial charge is 0.383 e. The lowest BCUT2D eigenvalue weighted by molar-refractivity contribution is -0.136. The lowest BCUT2D eigenvalue weighted by atomic mass is 10.1. The maximum atomic E-state index is 13.7. The summed E-state index contributed by atoms with van der Waals surface area (Å²) in [5, 5.41) is 8.22. The second-order valence-electron chi connectivity index (χ2n) is 7.93. The molecule has 32 heavy (non-hydrogen) atoms. The molecule has 9 heteroatoms. The zero-order valence-electron chi connectivity index (χ0n) is 17.4. The van der Waals surface area contributed by atoms with E-state index < -0.39 is 23.5 Å². The van der Waals surface area contributed by atoms with Gasteiger partial charge in [-0.2, -0.15) is 13.2 Å². The van der Waals surface area contributed by atoms with Gasteiger partial charge in [-0.3, -0.25) is 4.79 Å². The first-order valence-electron chi connectivity index (χ1n) is 10.6. The fourth-order valence-corrected chi connectivity index (χ4v) is 4.02. The zero-order valence-corrected chi connectivity index (χ0v) is 17.4. The molecule has 2 aromatic rings. The van der Waals surface area contributed by atoms with Crippen LogP contribution in [-0.4, -0.2) is 37.0 Å². The molecule has 0 unspecified atom stereocenters. The van der Waals surface area contributed by atoms with Crippen molar-refractivity contribution in [1.29, 1.82) is 0 Å². The SMILES string of the molecule is O=C1Nc2cc(F)ccc2C1=CNc1ccc(NCCN2CCCCC2)c(C(F)(F)F)c1. The number of carbonyl (C=O) groups is 1. The van der Waals surface area contributed by atoms with E-state index in [1.165, 1.54) is 43.0 Å². The standard InChI is InChI=1S/C23H24F4N4O/c24-15-4-6-17-18(22(32)30-21(17)12-15)14-29-16-5-7-20(19(13-16)23(25,26)27)28-8-11-31-9-2-1-3-10-31/h4-7,12-14,28-29H,1-3,8-11H2,(H,30,32). The van der Waals surface area contributed by atoms with Gasteiger partial charge in [0, 0.05) is 36.2 Å². The van der Waals surface area contributed by atoms with Crippen LogP contribution in [0.4, 0.5) is 34.6 Å². The molecule has 1 amide bonds. The van der Waals surface area contributed by atoms with Crippen LogP contribution in [0.2, 0.25) is 0 Å². The molecule has 0 atom stereocenters. The Morgan fingerprint density at radius 3 is 2.59 bits per heavy atom. The number of benzene rings is 2. The third-order valence-corrected chi connectivity index (χ3v) is 5.66. The number of piperidine rings is 1. The molecule has 0 radical (unpaired) electrons. The van der Waals surface area contributed by atoms with Crippen LogP contribution in [0.15, 0.2) is 42.6 Å². The van der Waals surface area contributed by atoms with Crippen molar-refractivity contribution >= 4 is 28.5 Å². The minimum Gasteiger partial charge on any atom is -0.383 e. The first-order chi connectivity index (χ1) is 15.3. The molecule has 0 bridgehead atoms. The number of alkyl halides is 3. The summed E-state index contributed by atoms with van der Waals surface area (Å²) in [7, 11) is 0. The first kappa shape index (κ1) is 22.1. The molecule has 170 valence electrons. The highest BCUT2D eigenvalue weighted by Crippen LogP contribution is 2.37. The fourth-order valence-electron chi connectivity index (χ4n) is 4.02. The van der Waals surface area contributed by atoms with Gasteiger partial charge in [0.15, 0.2) is 0 Å². The third-order valence-electron chi connectivity index (χ3n) is 5.66. The van der Waals surface area contributed by atoms with E-state index in [-0.39, 0.29) is 16.9 Å². The van der Waals surface area contributed by atoms with Crippen molar-refractivity contribution in [2.45, 2.75) is 25.4 Å². The van der Waals surface area contributed by atoms with Gasteiger partial charge in [0.05, 0.1) is 16.8 Å². The van der Waals surface area contributed by atoms with Crippen molar-refractivity contribution in [3.05, 3.63) is 59.5 Å². The van der Waals surface area contributed by atoms with Gasteiger partial charge in [-0.15, -0.1) is 0 Å². The quantitative estimate of drug-likeness (QED) is 0.423. The number of nitrogens with zero attached hydrogens (tertiary/aromatic N) is 1. The molecule has 1 fully saturated rings. The molecule has 0 aromatic heterocycles. The van der Waals surface area contributed by atoms with E-state index >= 15 is 0 Å². The summed E-state index contributed by atoms with van der Waals surface area (Å²) in [4.78, 5) is 14.4. The Bertz CT molecular complexity index is 1030. The summed E-state index contributed by atoms with van der Waals surface area (Å²) in [6, 6.07) is 7.79. The largest absolute Gasteiger partial charge is 0.418 e. The molecule has 2 aliphatic rings. The summed E-state index contributed by atoms with van der Waals surface area (Å²) < 4.78 is 54.3. The molecule has 4 rings (SSSR count). The van der Waals surface area contributed by atoms with Crippen LogP contribution in [0.3, 0.4) is 0 Å². The zero-order chi connectivity index (χ0) is 22.7.